The minimum absolute atomic E-state index is 0.0600. The highest BCUT2D eigenvalue weighted by Gasteiger charge is 2.21. The fraction of sp³-hybridized carbons (Fsp3) is 0.417. The minimum atomic E-state index is -0.327. The van der Waals surface area contributed by atoms with Crippen molar-refractivity contribution in [3.8, 4) is 0 Å². The molecule has 0 aromatic heterocycles. The van der Waals surface area contributed by atoms with E-state index in [9.17, 15) is 9.18 Å². The van der Waals surface area contributed by atoms with Crippen molar-refractivity contribution < 1.29 is 9.18 Å². The van der Waals surface area contributed by atoms with E-state index in [0.29, 0.717) is 12.1 Å². The van der Waals surface area contributed by atoms with Crippen LogP contribution in [0.4, 0.5) is 4.39 Å². The number of halogens is 1. The van der Waals surface area contributed by atoms with Gasteiger partial charge in [-0.05, 0) is 37.1 Å². The van der Waals surface area contributed by atoms with Crippen molar-refractivity contribution in [1.82, 2.24) is 4.90 Å². The summed E-state index contributed by atoms with van der Waals surface area (Å²) in [6.45, 7) is 1.33. The smallest absolute Gasteiger partial charge is 0.253 e. The van der Waals surface area contributed by atoms with E-state index in [-0.39, 0.29) is 17.8 Å². The molecule has 1 heterocycles. The summed E-state index contributed by atoms with van der Waals surface area (Å²) in [6, 6.07) is 5.70. The Morgan fingerprint density at radius 1 is 1.38 bits per heavy atom. The van der Waals surface area contributed by atoms with Crippen molar-refractivity contribution in [2.75, 3.05) is 13.1 Å². The molecule has 2 N–H and O–H groups in total. The molecule has 0 bridgehead atoms. The Morgan fingerprint density at radius 2 is 2.06 bits per heavy atom. The van der Waals surface area contributed by atoms with E-state index >= 15 is 0 Å². The molecule has 1 amide bonds. The normalized spacial score (nSPS) is 20.9. The van der Waals surface area contributed by atoms with Gasteiger partial charge in [-0.2, -0.15) is 0 Å². The molecule has 4 heteroatoms. The molecule has 1 aromatic carbocycles. The van der Waals surface area contributed by atoms with Gasteiger partial charge in [0.25, 0.3) is 5.91 Å². The predicted molar refractivity (Wildman–Crippen MR) is 59.5 cm³/mol. The first-order valence-corrected chi connectivity index (χ1v) is 5.47. The van der Waals surface area contributed by atoms with Gasteiger partial charge in [0.05, 0.1) is 0 Å². The van der Waals surface area contributed by atoms with Crippen molar-refractivity contribution in [1.29, 1.82) is 0 Å². The van der Waals surface area contributed by atoms with E-state index in [1.165, 1.54) is 24.3 Å². The van der Waals surface area contributed by atoms with Crippen molar-refractivity contribution in [3.05, 3.63) is 35.6 Å². The number of amides is 1. The van der Waals surface area contributed by atoms with Crippen LogP contribution in [-0.4, -0.2) is 29.9 Å². The molecule has 1 aromatic rings. The quantitative estimate of drug-likeness (QED) is 0.780. The van der Waals surface area contributed by atoms with E-state index in [4.69, 9.17) is 5.73 Å². The largest absolute Gasteiger partial charge is 0.337 e. The highest BCUT2D eigenvalue weighted by Crippen LogP contribution is 2.13. The Labute approximate surface area is 94.0 Å². The van der Waals surface area contributed by atoms with Crippen molar-refractivity contribution >= 4 is 5.91 Å². The average molecular weight is 222 g/mol. The third-order valence-electron chi connectivity index (χ3n) is 2.84. The van der Waals surface area contributed by atoms with Crippen LogP contribution in [0.25, 0.3) is 0 Å². The molecule has 3 nitrogen and oxygen atoms in total. The summed E-state index contributed by atoms with van der Waals surface area (Å²) >= 11 is 0. The average Bonchev–Trinajstić information content (AvgIpc) is 2.29. The van der Waals surface area contributed by atoms with Gasteiger partial charge in [0.15, 0.2) is 0 Å². The molecule has 1 aliphatic rings. The number of rotatable bonds is 1. The fourth-order valence-corrected chi connectivity index (χ4v) is 1.97. The third-order valence-corrected chi connectivity index (χ3v) is 2.84. The molecule has 0 aliphatic carbocycles. The van der Waals surface area contributed by atoms with Crippen LogP contribution in [0.3, 0.4) is 0 Å². The van der Waals surface area contributed by atoms with Crippen LogP contribution in [0.5, 0.6) is 0 Å². The first-order chi connectivity index (χ1) is 7.66. The maximum atomic E-state index is 12.7. The third kappa shape index (κ3) is 2.39. The van der Waals surface area contributed by atoms with Gasteiger partial charge in [-0.25, -0.2) is 4.39 Å². The number of nitrogens with two attached hydrogens (primary N) is 1. The Bertz CT molecular complexity index is 377. The predicted octanol–water partition coefficient (Wildman–Crippen LogP) is 1.39. The lowest BCUT2D eigenvalue weighted by molar-refractivity contribution is 0.0709. The molecule has 0 saturated carbocycles. The lowest BCUT2D eigenvalue weighted by Gasteiger charge is -2.30. The lowest BCUT2D eigenvalue weighted by atomic mass is 10.1. The van der Waals surface area contributed by atoms with Gasteiger partial charge in [-0.15, -0.1) is 0 Å². The summed E-state index contributed by atoms with van der Waals surface area (Å²) < 4.78 is 12.7. The first-order valence-electron chi connectivity index (χ1n) is 5.47. The second-order valence-corrected chi connectivity index (χ2v) is 4.16. The van der Waals surface area contributed by atoms with Crippen LogP contribution in [0.2, 0.25) is 0 Å². The Morgan fingerprint density at radius 3 is 2.69 bits per heavy atom. The Kier molecular flexibility index (Phi) is 3.19. The van der Waals surface area contributed by atoms with Crippen LogP contribution in [0, 0.1) is 5.82 Å². The number of likely N-dealkylation sites (tertiary alicyclic amines) is 1. The maximum absolute atomic E-state index is 12.7. The van der Waals surface area contributed by atoms with E-state index in [2.05, 4.69) is 0 Å². The van der Waals surface area contributed by atoms with Gasteiger partial charge in [0, 0.05) is 24.7 Å². The molecular weight excluding hydrogens is 207 g/mol. The molecule has 86 valence electrons. The molecular formula is C12H15FN2O. The molecule has 0 spiro atoms. The van der Waals surface area contributed by atoms with Gasteiger partial charge in [0.2, 0.25) is 0 Å². The zero-order valence-corrected chi connectivity index (χ0v) is 9.03. The maximum Gasteiger partial charge on any atom is 0.253 e. The molecule has 2 rings (SSSR count). The van der Waals surface area contributed by atoms with Crippen molar-refractivity contribution in [2.24, 2.45) is 5.73 Å². The number of nitrogens with zero attached hydrogens (tertiary/aromatic N) is 1. The van der Waals surface area contributed by atoms with Crippen LogP contribution < -0.4 is 5.73 Å². The zero-order chi connectivity index (χ0) is 11.5. The van der Waals surface area contributed by atoms with Crippen molar-refractivity contribution in [2.45, 2.75) is 18.9 Å². The molecule has 1 aliphatic heterocycles. The monoisotopic (exact) mass is 222 g/mol. The van der Waals surface area contributed by atoms with Crippen molar-refractivity contribution in [3.63, 3.8) is 0 Å². The minimum Gasteiger partial charge on any atom is -0.337 e. The molecule has 1 fully saturated rings. The SMILES string of the molecule is N[C@@H]1CCCN(C(=O)c2ccc(F)cc2)C1. The molecule has 1 atom stereocenters. The molecule has 16 heavy (non-hydrogen) atoms. The summed E-state index contributed by atoms with van der Waals surface area (Å²) in [6.07, 6.45) is 1.90. The lowest BCUT2D eigenvalue weighted by Crippen LogP contribution is -2.45. The van der Waals surface area contributed by atoms with Gasteiger partial charge < -0.3 is 10.6 Å². The van der Waals surface area contributed by atoms with Gasteiger partial charge >= 0.3 is 0 Å². The summed E-state index contributed by atoms with van der Waals surface area (Å²) in [4.78, 5) is 13.7. The van der Waals surface area contributed by atoms with Gasteiger partial charge in [-0.1, -0.05) is 0 Å². The number of carbonyl (C=O) groups excluding carboxylic acids is 1. The van der Waals surface area contributed by atoms with E-state index in [0.717, 1.165) is 19.4 Å². The van der Waals surface area contributed by atoms with E-state index in [1.54, 1.807) is 4.90 Å². The summed E-state index contributed by atoms with van der Waals surface area (Å²) in [7, 11) is 0. The highest BCUT2D eigenvalue weighted by atomic mass is 19.1. The standard InChI is InChI=1S/C12H15FN2O/c13-10-5-3-9(4-6-10)12(16)15-7-1-2-11(14)8-15/h3-6,11H,1-2,7-8,14H2/t11-/m1/s1. The van der Waals surface area contributed by atoms with Gasteiger partial charge in [0.1, 0.15) is 5.82 Å². The summed E-state index contributed by atoms with van der Waals surface area (Å²) in [5, 5.41) is 0. The van der Waals surface area contributed by atoms with E-state index in [1.807, 2.05) is 0 Å². The van der Waals surface area contributed by atoms with Crippen LogP contribution in [0.15, 0.2) is 24.3 Å². The van der Waals surface area contributed by atoms with Crippen LogP contribution in [0.1, 0.15) is 23.2 Å². The molecule has 1 saturated heterocycles. The topological polar surface area (TPSA) is 46.3 Å². The zero-order valence-electron chi connectivity index (χ0n) is 9.03. The molecule has 0 unspecified atom stereocenters. The fourth-order valence-electron chi connectivity index (χ4n) is 1.97. The first kappa shape index (κ1) is 11.1. The number of hydrogen-bond donors (Lipinski definition) is 1. The summed E-state index contributed by atoms with van der Waals surface area (Å²) in [5.41, 5.74) is 6.33. The summed E-state index contributed by atoms with van der Waals surface area (Å²) in [5.74, 6) is -0.387. The number of hydrogen-bond acceptors (Lipinski definition) is 2. The number of piperidine rings is 1. The Balaban J connectivity index is 2.09. The van der Waals surface area contributed by atoms with E-state index < -0.39 is 0 Å². The van der Waals surface area contributed by atoms with Crippen LogP contribution in [-0.2, 0) is 0 Å². The highest BCUT2D eigenvalue weighted by molar-refractivity contribution is 5.94. The second kappa shape index (κ2) is 4.61. The number of benzene rings is 1. The van der Waals surface area contributed by atoms with Crippen LogP contribution >= 0.6 is 0 Å². The number of carbonyl (C=O) groups is 1. The molecule has 0 radical (unpaired) electrons. The second-order valence-electron chi connectivity index (χ2n) is 4.16. The van der Waals surface area contributed by atoms with Gasteiger partial charge in [-0.3, -0.25) is 4.79 Å². The Hall–Kier alpha value is -1.42.